The Hall–Kier alpha value is -1.60. The Morgan fingerprint density at radius 1 is 1.15 bits per heavy atom. The summed E-state index contributed by atoms with van der Waals surface area (Å²) in [6.07, 6.45) is 7.06. The standard InChI is InChI=1S/C19H28N2O4S/c1-25-17-10-5-11-18(13-17)26(23,24)21-12-6-7-15(14-21)19(22)20-16-8-3-2-4-9-16/h5,10-11,13,15-16H,2-4,6-9,12,14H2,1H3,(H,20,22)/t15-/m0/s1. The molecule has 0 radical (unpaired) electrons. The first-order chi connectivity index (χ1) is 12.5. The van der Waals surface area contributed by atoms with Gasteiger partial charge in [0.1, 0.15) is 5.75 Å². The van der Waals surface area contributed by atoms with Gasteiger partial charge in [-0.15, -0.1) is 0 Å². The second kappa shape index (κ2) is 8.39. The maximum Gasteiger partial charge on any atom is 0.243 e. The molecule has 1 amide bonds. The second-order valence-corrected chi connectivity index (χ2v) is 9.16. The minimum atomic E-state index is -3.62. The fraction of sp³-hybridized carbons (Fsp3) is 0.632. The fourth-order valence-electron chi connectivity index (χ4n) is 3.85. The van der Waals surface area contributed by atoms with Crippen molar-refractivity contribution in [2.24, 2.45) is 5.92 Å². The van der Waals surface area contributed by atoms with E-state index in [1.807, 2.05) is 0 Å². The number of ether oxygens (including phenoxy) is 1. The van der Waals surface area contributed by atoms with E-state index in [-0.39, 0.29) is 29.3 Å². The number of sulfonamides is 1. The van der Waals surface area contributed by atoms with Crippen molar-refractivity contribution in [1.29, 1.82) is 0 Å². The summed E-state index contributed by atoms with van der Waals surface area (Å²) in [5, 5.41) is 3.14. The number of nitrogens with zero attached hydrogens (tertiary/aromatic N) is 1. The highest BCUT2D eigenvalue weighted by Gasteiger charge is 2.34. The lowest BCUT2D eigenvalue weighted by Crippen LogP contribution is -2.47. The molecule has 26 heavy (non-hydrogen) atoms. The predicted molar refractivity (Wildman–Crippen MR) is 99.5 cm³/mol. The number of rotatable bonds is 5. The number of carbonyl (C=O) groups excluding carboxylic acids is 1. The zero-order valence-corrected chi connectivity index (χ0v) is 16.1. The van der Waals surface area contributed by atoms with Crippen molar-refractivity contribution in [1.82, 2.24) is 9.62 Å². The zero-order chi connectivity index (χ0) is 18.6. The first-order valence-electron chi connectivity index (χ1n) is 9.45. The Morgan fingerprint density at radius 2 is 1.92 bits per heavy atom. The number of piperidine rings is 1. The van der Waals surface area contributed by atoms with Crippen LogP contribution >= 0.6 is 0 Å². The van der Waals surface area contributed by atoms with Crippen molar-refractivity contribution in [3.05, 3.63) is 24.3 Å². The molecule has 0 bridgehead atoms. The van der Waals surface area contributed by atoms with E-state index in [1.165, 1.54) is 23.9 Å². The Balaban J connectivity index is 1.67. The summed E-state index contributed by atoms with van der Waals surface area (Å²) in [7, 11) is -2.11. The summed E-state index contributed by atoms with van der Waals surface area (Å²) >= 11 is 0. The topological polar surface area (TPSA) is 75.7 Å². The monoisotopic (exact) mass is 380 g/mol. The molecule has 6 nitrogen and oxygen atoms in total. The number of amides is 1. The molecule has 2 fully saturated rings. The number of nitrogens with one attached hydrogen (secondary N) is 1. The Labute approximate surface area is 156 Å². The molecule has 0 spiro atoms. The van der Waals surface area contributed by atoms with Crippen LogP contribution in [0.25, 0.3) is 0 Å². The van der Waals surface area contributed by atoms with Gasteiger partial charge in [-0.1, -0.05) is 25.3 Å². The van der Waals surface area contributed by atoms with Crippen molar-refractivity contribution in [3.63, 3.8) is 0 Å². The first kappa shape index (κ1) is 19.2. The molecule has 7 heteroatoms. The van der Waals surface area contributed by atoms with E-state index in [9.17, 15) is 13.2 Å². The molecule has 1 saturated heterocycles. The lowest BCUT2D eigenvalue weighted by atomic mass is 9.93. The minimum absolute atomic E-state index is 0.00226. The highest BCUT2D eigenvalue weighted by molar-refractivity contribution is 7.89. The van der Waals surface area contributed by atoms with Crippen LogP contribution < -0.4 is 10.1 Å². The molecular formula is C19H28N2O4S. The Kier molecular flexibility index (Phi) is 6.19. The normalized spacial score (nSPS) is 22.7. The number of methoxy groups -OCH3 is 1. The molecule has 1 aromatic carbocycles. The SMILES string of the molecule is COc1cccc(S(=O)(=O)N2CCC[C@H](C(=O)NC3CCCCC3)C2)c1. The smallest absolute Gasteiger partial charge is 0.243 e. The lowest BCUT2D eigenvalue weighted by Gasteiger charge is -2.32. The Morgan fingerprint density at radius 3 is 2.65 bits per heavy atom. The van der Waals surface area contributed by atoms with E-state index >= 15 is 0 Å². The third-order valence-electron chi connectivity index (χ3n) is 5.39. The average molecular weight is 381 g/mol. The summed E-state index contributed by atoms with van der Waals surface area (Å²) in [6.45, 7) is 0.699. The van der Waals surface area contributed by atoms with Gasteiger partial charge in [0.15, 0.2) is 0 Å². The summed E-state index contributed by atoms with van der Waals surface area (Å²) in [5.41, 5.74) is 0. The zero-order valence-electron chi connectivity index (χ0n) is 15.3. The number of benzene rings is 1. The maximum atomic E-state index is 13.0. The van der Waals surface area contributed by atoms with Crippen LogP contribution in [0.15, 0.2) is 29.2 Å². The van der Waals surface area contributed by atoms with Gasteiger partial charge in [-0.3, -0.25) is 4.79 Å². The van der Waals surface area contributed by atoms with Gasteiger partial charge in [0.05, 0.1) is 17.9 Å². The van der Waals surface area contributed by atoms with Gasteiger partial charge in [0.2, 0.25) is 15.9 Å². The molecule has 144 valence electrons. The van der Waals surface area contributed by atoms with Gasteiger partial charge in [0.25, 0.3) is 0 Å². The van der Waals surface area contributed by atoms with Gasteiger partial charge < -0.3 is 10.1 Å². The van der Waals surface area contributed by atoms with Crippen LogP contribution in [0.3, 0.4) is 0 Å². The van der Waals surface area contributed by atoms with E-state index in [0.29, 0.717) is 18.7 Å². The molecule has 1 aromatic rings. The highest BCUT2D eigenvalue weighted by Crippen LogP contribution is 2.26. The van der Waals surface area contributed by atoms with Crippen LogP contribution in [-0.4, -0.2) is 44.9 Å². The van der Waals surface area contributed by atoms with E-state index in [1.54, 1.807) is 18.2 Å². The van der Waals surface area contributed by atoms with Crippen molar-refractivity contribution in [2.75, 3.05) is 20.2 Å². The molecule has 1 heterocycles. The second-order valence-electron chi connectivity index (χ2n) is 7.22. The molecule has 1 saturated carbocycles. The molecule has 1 N–H and O–H groups in total. The van der Waals surface area contributed by atoms with Gasteiger partial charge in [-0.25, -0.2) is 8.42 Å². The third kappa shape index (κ3) is 4.38. The van der Waals surface area contributed by atoms with Crippen LogP contribution in [-0.2, 0) is 14.8 Å². The van der Waals surface area contributed by atoms with Crippen LogP contribution in [0.1, 0.15) is 44.9 Å². The van der Waals surface area contributed by atoms with Gasteiger partial charge >= 0.3 is 0 Å². The lowest BCUT2D eigenvalue weighted by molar-refractivity contribution is -0.127. The molecule has 2 aliphatic rings. The molecule has 1 atom stereocenters. The molecule has 1 aliphatic heterocycles. The van der Waals surface area contributed by atoms with Crippen molar-refractivity contribution < 1.29 is 17.9 Å². The van der Waals surface area contributed by atoms with E-state index in [2.05, 4.69) is 5.32 Å². The highest BCUT2D eigenvalue weighted by atomic mass is 32.2. The predicted octanol–water partition coefficient (Wildman–Crippen LogP) is 2.54. The number of carbonyl (C=O) groups is 1. The van der Waals surface area contributed by atoms with Gasteiger partial charge in [-0.2, -0.15) is 4.31 Å². The van der Waals surface area contributed by atoms with Crippen LogP contribution in [0.2, 0.25) is 0 Å². The molecule has 0 aromatic heterocycles. The first-order valence-corrected chi connectivity index (χ1v) is 10.9. The number of hydrogen-bond acceptors (Lipinski definition) is 4. The maximum absolute atomic E-state index is 13.0. The summed E-state index contributed by atoms with van der Waals surface area (Å²) in [6, 6.07) is 6.74. The Bertz CT molecular complexity index is 729. The average Bonchev–Trinajstić information content (AvgIpc) is 2.69. The summed E-state index contributed by atoms with van der Waals surface area (Å²) < 4.78 is 32.5. The molecular weight excluding hydrogens is 352 g/mol. The van der Waals surface area contributed by atoms with Crippen molar-refractivity contribution in [3.8, 4) is 5.75 Å². The number of hydrogen-bond donors (Lipinski definition) is 1. The van der Waals surface area contributed by atoms with Crippen LogP contribution in [0.5, 0.6) is 5.75 Å². The summed E-state index contributed by atoms with van der Waals surface area (Å²) in [5.74, 6) is 0.239. The molecule has 1 aliphatic carbocycles. The van der Waals surface area contributed by atoms with Crippen molar-refractivity contribution in [2.45, 2.75) is 55.9 Å². The van der Waals surface area contributed by atoms with Gasteiger partial charge in [-0.05, 0) is 37.8 Å². The summed E-state index contributed by atoms with van der Waals surface area (Å²) in [4.78, 5) is 12.8. The fourth-order valence-corrected chi connectivity index (χ4v) is 5.41. The van der Waals surface area contributed by atoms with Crippen LogP contribution in [0.4, 0.5) is 0 Å². The van der Waals surface area contributed by atoms with Gasteiger partial charge in [0, 0.05) is 25.2 Å². The van der Waals surface area contributed by atoms with Crippen molar-refractivity contribution >= 4 is 15.9 Å². The van der Waals surface area contributed by atoms with E-state index < -0.39 is 10.0 Å². The largest absolute Gasteiger partial charge is 0.497 e. The van der Waals surface area contributed by atoms with Crippen LogP contribution in [0, 0.1) is 5.92 Å². The molecule has 0 unspecified atom stereocenters. The van der Waals surface area contributed by atoms with E-state index in [0.717, 1.165) is 32.1 Å². The third-order valence-corrected chi connectivity index (χ3v) is 7.25. The molecule has 3 rings (SSSR count). The minimum Gasteiger partial charge on any atom is -0.497 e. The quantitative estimate of drug-likeness (QED) is 0.852. The van der Waals surface area contributed by atoms with E-state index in [4.69, 9.17) is 4.74 Å².